The summed E-state index contributed by atoms with van der Waals surface area (Å²) in [5.41, 5.74) is 0. The standard InChI is InChI=1S/C13H24N4O2S2/c1-4-21(18,19)17-8-7-15-13(14-3)16-10-11(2)12-6-5-9-20-12/h5-6,9,11,17H,4,7-8,10H2,1-3H3,(H2,14,15,16). The van der Waals surface area contributed by atoms with Crippen LogP contribution >= 0.6 is 11.3 Å². The molecular formula is C13H24N4O2S2. The monoisotopic (exact) mass is 332 g/mol. The van der Waals surface area contributed by atoms with Crippen molar-refractivity contribution in [1.29, 1.82) is 0 Å². The average Bonchev–Trinajstić information content (AvgIpc) is 3.00. The van der Waals surface area contributed by atoms with Crippen LogP contribution in [0, 0.1) is 0 Å². The van der Waals surface area contributed by atoms with E-state index in [1.165, 1.54) is 4.88 Å². The van der Waals surface area contributed by atoms with Crippen molar-refractivity contribution in [1.82, 2.24) is 15.4 Å². The SMILES string of the molecule is CCS(=O)(=O)NCCNC(=NC)NCC(C)c1cccs1. The summed E-state index contributed by atoms with van der Waals surface area (Å²) in [7, 11) is -1.43. The first kappa shape index (κ1) is 17.9. The molecule has 1 unspecified atom stereocenters. The lowest BCUT2D eigenvalue weighted by Crippen LogP contribution is -2.42. The highest BCUT2D eigenvalue weighted by Gasteiger charge is 2.08. The predicted octanol–water partition coefficient (Wildman–Crippen LogP) is 0.956. The van der Waals surface area contributed by atoms with Crippen LogP contribution in [-0.2, 0) is 10.0 Å². The zero-order valence-electron chi connectivity index (χ0n) is 12.7. The molecule has 3 N–H and O–H groups in total. The Labute approximate surface area is 131 Å². The molecule has 8 heteroatoms. The van der Waals surface area contributed by atoms with Crippen molar-refractivity contribution in [2.24, 2.45) is 4.99 Å². The van der Waals surface area contributed by atoms with Gasteiger partial charge in [-0.25, -0.2) is 13.1 Å². The lowest BCUT2D eigenvalue weighted by Gasteiger charge is -2.15. The van der Waals surface area contributed by atoms with E-state index in [0.29, 0.717) is 25.0 Å². The molecule has 1 aromatic heterocycles. The summed E-state index contributed by atoms with van der Waals surface area (Å²) in [5, 5.41) is 8.39. The first-order valence-corrected chi connectivity index (χ1v) is 9.47. The molecule has 1 rings (SSSR count). The van der Waals surface area contributed by atoms with Crippen molar-refractivity contribution in [3.63, 3.8) is 0 Å². The summed E-state index contributed by atoms with van der Waals surface area (Å²) in [6.45, 7) is 5.38. The van der Waals surface area contributed by atoms with Gasteiger partial charge in [-0.15, -0.1) is 11.3 Å². The van der Waals surface area contributed by atoms with E-state index in [-0.39, 0.29) is 5.75 Å². The maximum absolute atomic E-state index is 11.3. The zero-order chi connectivity index (χ0) is 15.7. The van der Waals surface area contributed by atoms with Gasteiger partial charge in [-0.05, 0) is 18.4 Å². The summed E-state index contributed by atoms with van der Waals surface area (Å²) >= 11 is 1.74. The van der Waals surface area contributed by atoms with E-state index in [0.717, 1.165) is 6.54 Å². The van der Waals surface area contributed by atoms with E-state index in [2.05, 4.69) is 38.7 Å². The fourth-order valence-electron chi connectivity index (χ4n) is 1.63. The molecule has 0 spiro atoms. The Morgan fingerprint density at radius 2 is 2.14 bits per heavy atom. The molecule has 0 aliphatic heterocycles. The molecule has 0 saturated heterocycles. The van der Waals surface area contributed by atoms with Crippen LogP contribution in [-0.4, -0.2) is 46.8 Å². The highest BCUT2D eigenvalue weighted by Crippen LogP contribution is 2.19. The number of aliphatic imine (C=N–C) groups is 1. The number of sulfonamides is 1. The summed E-state index contributed by atoms with van der Waals surface area (Å²) in [4.78, 5) is 5.44. The van der Waals surface area contributed by atoms with Gasteiger partial charge in [0.05, 0.1) is 5.75 Å². The van der Waals surface area contributed by atoms with E-state index in [9.17, 15) is 8.42 Å². The molecule has 0 amide bonds. The molecule has 0 aliphatic carbocycles. The Balaban J connectivity index is 2.27. The van der Waals surface area contributed by atoms with Gasteiger partial charge in [-0.2, -0.15) is 0 Å². The Bertz CT molecular complexity index is 526. The zero-order valence-corrected chi connectivity index (χ0v) is 14.4. The number of nitrogens with one attached hydrogen (secondary N) is 3. The minimum atomic E-state index is -3.13. The van der Waals surface area contributed by atoms with Crippen LogP contribution in [0.4, 0.5) is 0 Å². The van der Waals surface area contributed by atoms with E-state index < -0.39 is 10.0 Å². The molecule has 0 radical (unpaired) electrons. The van der Waals surface area contributed by atoms with Crippen molar-refractivity contribution in [3.05, 3.63) is 22.4 Å². The van der Waals surface area contributed by atoms with Gasteiger partial charge < -0.3 is 10.6 Å². The number of nitrogens with zero attached hydrogens (tertiary/aromatic N) is 1. The van der Waals surface area contributed by atoms with Crippen molar-refractivity contribution in [2.75, 3.05) is 32.4 Å². The number of hydrogen-bond acceptors (Lipinski definition) is 4. The van der Waals surface area contributed by atoms with Gasteiger partial charge in [0.25, 0.3) is 0 Å². The van der Waals surface area contributed by atoms with Crippen molar-refractivity contribution in [3.8, 4) is 0 Å². The molecule has 0 saturated carbocycles. The molecule has 1 heterocycles. The second-order valence-electron chi connectivity index (χ2n) is 4.59. The Hall–Kier alpha value is -1.12. The molecule has 1 atom stereocenters. The van der Waals surface area contributed by atoms with Gasteiger partial charge in [0.1, 0.15) is 0 Å². The third kappa shape index (κ3) is 6.92. The Kier molecular flexibility index (Phi) is 7.69. The first-order chi connectivity index (χ1) is 9.98. The second-order valence-corrected chi connectivity index (χ2v) is 7.67. The van der Waals surface area contributed by atoms with Gasteiger partial charge >= 0.3 is 0 Å². The van der Waals surface area contributed by atoms with Gasteiger partial charge in [-0.1, -0.05) is 13.0 Å². The predicted molar refractivity (Wildman–Crippen MR) is 89.6 cm³/mol. The van der Waals surface area contributed by atoms with Crippen LogP contribution in [0.5, 0.6) is 0 Å². The molecule has 6 nitrogen and oxygen atoms in total. The van der Waals surface area contributed by atoms with Crippen molar-refractivity contribution < 1.29 is 8.42 Å². The second kappa shape index (κ2) is 9.01. The van der Waals surface area contributed by atoms with E-state index in [1.54, 1.807) is 25.3 Å². The van der Waals surface area contributed by atoms with Gasteiger partial charge in [0.15, 0.2) is 5.96 Å². The number of guanidine groups is 1. The molecular weight excluding hydrogens is 308 g/mol. The Morgan fingerprint density at radius 3 is 2.71 bits per heavy atom. The minimum absolute atomic E-state index is 0.0955. The van der Waals surface area contributed by atoms with E-state index >= 15 is 0 Å². The number of hydrogen-bond donors (Lipinski definition) is 3. The molecule has 21 heavy (non-hydrogen) atoms. The fourth-order valence-corrected chi connectivity index (χ4v) is 3.04. The third-order valence-corrected chi connectivity index (χ3v) is 5.46. The molecule has 0 aromatic carbocycles. The van der Waals surface area contributed by atoms with E-state index in [1.807, 2.05) is 6.07 Å². The Morgan fingerprint density at radius 1 is 1.38 bits per heavy atom. The maximum Gasteiger partial charge on any atom is 0.211 e. The summed E-state index contributed by atoms with van der Waals surface area (Å²) in [6.07, 6.45) is 0. The van der Waals surface area contributed by atoms with Gasteiger partial charge in [0.2, 0.25) is 10.0 Å². The van der Waals surface area contributed by atoms with Gasteiger partial charge in [-0.3, -0.25) is 4.99 Å². The van der Waals surface area contributed by atoms with E-state index in [4.69, 9.17) is 0 Å². The molecule has 1 aromatic rings. The number of rotatable bonds is 8. The first-order valence-electron chi connectivity index (χ1n) is 6.93. The largest absolute Gasteiger partial charge is 0.356 e. The highest BCUT2D eigenvalue weighted by atomic mass is 32.2. The topological polar surface area (TPSA) is 82.6 Å². The van der Waals surface area contributed by atoms with Crippen LogP contribution in [0.1, 0.15) is 24.6 Å². The van der Waals surface area contributed by atoms with Gasteiger partial charge in [0, 0.05) is 37.5 Å². The smallest absolute Gasteiger partial charge is 0.211 e. The molecule has 120 valence electrons. The normalized spacial score (nSPS) is 14.0. The quantitative estimate of drug-likeness (QED) is 0.376. The number of thiophene rings is 1. The lowest BCUT2D eigenvalue weighted by atomic mass is 10.1. The van der Waals surface area contributed by atoms with Crippen molar-refractivity contribution >= 4 is 27.3 Å². The maximum atomic E-state index is 11.3. The molecule has 0 bridgehead atoms. The van der Waals surface area contributed by atoms with Crippen LogP contribution < -0.4 is 15.4 Å². The van der Waals surface area contributed by atoms with Crippen LogP contribution in [0.3, 0.4) is 0 Å². The molecule has 0 fully saturated rings. The van der Waals surface area contributed by atoms with Crippen LogP contribution in [0.15, 0.2) is 22.5 Å². The van der Waals surface area contributed by atoms with Crippen LogP contribution in [0.25, 0.3) is 0 Å². The summed E-state index contributed by atoms with van der Waals surface area (Å²) in [5.74, 6) is 1.18. The highest BCUT2D eigenvalue weighted by molar-refractivity contribution is 7.89. The summed E-state index contributed by atoms with van der Waals surface area (Å²) in [6, 6.07) is 4.16. The van der Waals surface area contributed by atoms with Crippen molar-refractivity contribution in [2.45, 2.75) is 19.8 Å². The summed E-state index contributed by atoms with van der Waals surface area (Å²) < 4.78 is 25.1. The average molecular weight is 332 g/mol. The fraction of sp³-hybridized carbons (Fsp3) is 0.615. The lowest BCUT2D eigenvalue weighted by molar-refractivity contribution is 0.581. The molecule has 0 aliphatic rings. The minimum Gasteiger partial charge on any atom is -0.356 e. The third-order valence-electron chi connectivity index (χ3n) is 2.95. The van der Waals surface area contributed by atoms with Crippen LogP contribution in [0.2, 0.25) is 0 Å².